The van der Waals surface area contributed by atoms with Crippen LogP contribution in [-0.4, -0.2) is 27.0 Å². The highest BCUT2D eigenvalue weighted by Gasteiger charge is 2.19. The Kier molecular flexibility index (Phi) is 5.47. The van der Waals surface area contributed by atoms with Crippen LogP contribution in [-0.2, 0) is 32.2 Å². The van der Waals surface area contributed by atoms with Crippen LogP contribution < -0.4 is 4.72 Å². The van der Waals surface area contributed by atoms with Crippen molar-refractivity contribution in [1.29, 1.82) is 0 Å². The summed E-state index contributed by atoms with van der Waals surface area (Å²) in [6.45, 7) is -0.0553. The number of rotatable bonds is 7. The highest BCUT2D eigenvalue weighted by Crippen LogP contribution is 2.19. The van der Waals surface area contributed by atoms with Crippen LogP contribution in [0.4, 0.5) is 0 Å². The third-order valence-electron chi connectivity index (χ3n) is 3.39. The Bertz CT molecular complexity index is 1080. The smallest absolute Gasteiger partial charge is 0.223 e. The van der Waals surface area contributed by atoms with Crippen molar-refractivity contribution in [3.8, 4) is 0 Å². The van der Waals surface area contributed by atoms with Gasteiger partial charge in [0.15, 0.2) is 9.84 Å². The van der Waals surface area contributed by atoms with Crippen molar-refractivity contribution in [2.45, 2.75) is 22.1 Å². The van der Waals surface area contributed by atoms with Crippen molar-refractivity contribution in [2.75, 3.05) is 0 Å². The molecule has 3 rings (SSSR count). The van der Waals surface area contributed by atoms with Crippen LogP contribution in [0.1, 0.15) is 10.0 Å². The van der Waals surface area contributed by atoms with E-state index in [0.717, 1.165) is 11.3 Å². The minimum atomic E-state index is -3.66. The fourth-order valence-corrected chi connectivity index (χ4v) is 5.63. The number of benzene rings is 2. The van der Waals surface area contributed by atoms with Gasteiger partial charge in [0.25, 0.3) is 0 Å². The topological polar surface area (TPSA) is 106 Å². The number of sulfonamides is 1. The van der Waals surface area contributed by atoms with Gasteiger partial charge in [-0.1, -0.05) is 47.7 Å². The molecule has 0 atom stereocenters. The van der Waals surface area contributed by atoms with E-state index in [2.05, 4.69) is 14.9 Å². The van der Waals surface area contributed by atoms with E-state index < -0.39 is 19.9 Å². The summed E-state index contributed by atoms with van der Waals surface area (Å²) in [6, 6.07) is 16.0. The Labute approximate surface area is 155 Å². The monoisotopic (exact) mass is 409 g/mol. The molecule has 0 amide bonds. The lowest BCUT2D eigenvalue weighted by Gasteiger charge is -2.04. The van der Waals surface area contributed by atoms with Crippen LogP contribution in [0, 0.1) is 0 Å². The molecule has 0 aliphatic carbocycles. The Morgan fingerprint density at radius 3 is 1.92 bits per heavy atom. The fraction of sp³-hybridized carbons (Fsp3) is 0.125. The van der Waals surface area contributed by atoms with Gasteiger partial charge in [0.1, 0.15) is 15.8 Å². The van der Waals surface area contributed by atoms with Crippen molar-refractivity contribution >= 4 is 31.2 Å². The summed E-state index contributed by atoms with van der Waals surface area (Å²) in [5.41, 5.74) is 0. The molecule has 1 heterocycles. The molecule has 2 aromatic carbocycles. The summed E-state index contributed by atoms with van der Waals surface area (Å²) >= 11 is 1.06. The predicted molar refractivity (Wildman–Crippen MR) is 97.7 cm³/mol. The minimum absolute atomic E-state index is 0.0553. The van der Waals surface area contributed by atoms with Crippen molar-refractivity contribution < 1.29 is 16.8 Å². The quantitative estimate of drug-likeness (QED) is 0.640. The number of hydrogen-bond donors (Lipinski definition) is 1. The first-order valence-electron chi connectivity index (χ1n) is 7.51. The van der Waals surface area contributed by atoms with E-state index in [1.54, 1.807) is 36.4 Å². The van der Waals surface area contributed by atoms with Gasteiger partial charge in [-0.05, 0) is 24.3 Å². The molecule has 1 N–H and O–H groups in total. The Balaban J connectivity index is 1.67. The molecule has 0 unspecified atom stereocenters. The largest absolute Gasteiger partial charge is 0.240 e. The van der Waals surface area contributed by atoms with E-state index in [0.29, 0.717) is 10.0 Å². The molecule has 0 saturated carbocycles. The predicted octanol–water partition coefficient (Wildman–Crippen LogP) is 1.99. The average Bonchev–Trinajstić information content (AvgIpc) is 3.08. The van der Waals surface area contributed by atoms with Gasteiger partial charge in [-0.3, -0.25) is 0 Å². The first-order chi connectivity index (χ1) is 12.4. The van der Waals surface area contributed by atoms with Crippen LogP contribution in [0.2, 0.25) is 0 Å². The second-order valence-corrected chi connectivity index (χ2v) is 10.2. The van der Waals surface area contributed by atoms with Gasteiger partial charge in [-0.25, -0.2) is 21.6 Å². The van der Waals surface area contributed by atoms with E-state index in [-0.39, 0.29) is 22.1 Å². The Hall–Kier alpha value is -2.14. The summed E-state index contributed by atoms with van der Waals surface area (Å²) < 4.78 is 51.5. The summed E-state index contributed by atoms with van der Waals surface area (Å²) in [7, 11) is -7.17. The molecule has 3 aromatic rings. The second-order valence-electron chi connectivity index (χ2n) is 5.30. The average molecular weight is 410 g/mol. The van der Waals surface area contributed by atoms with Crippen molar-refractivity contribution in [2.24, 2.45) is 0 Å². The fourth-order valence-electron chi connectivity index (χ4n) is 2.13. The zero-order chi connectivity index (χ0) is 18.6. The normalized spacial score (nSPS) is 12.2. The standard InChI is InChI=1S/C16H15N3O4S3/c20-25(21,13-7-3-1-4-8-13)12-16-19-18-15(24-16)11-17-26(22,23)14-9-5-2-6-10-14/h1-10,17H,11-12H2. The zero-order valence-electron chi connectivity index (χ0n) is 13.4. The van der Waals surface area contributed by atoms with E-state index in [1.807, 2.05) is 0 Å². The number of hydrogen-bond acceptors (Lipinski definition) is 7. The molecule has 0 aliphatic rings. The number of nitrogens with one attached hydrogen (secondary N) is 1. The van der Waals surface area contributed by atoms with Gasteiger partial charge >= 0.3 is 0 Å². The van der Waals surface area contributed by atoms with Crippen molar-refractivity contribution in [3.05, 3.63) is 70.7 Å². The van der Waals surface area contributed by atoms with Gasteiger partial charge in [-0.15, -0.1) is 10.2 Å². The molecule has 0 saturated heterocycles. The maximum Gasteiger partial charge on any atom is 0.240 e. The highest BCUT2D eigenvalue weighted by molar-refractivity contribution is 7.90. The molecule has 0 spiro atoms. The van der Waals surface area contributed by atoms with Gasteiger partial charge < -0.3 is 0 Å². The summed E-state index contributed by atoms with van der Waals surface area (Å²) in [5, 5.41) is 8.42. The Morgan fingerprint density at radius 1 is 0.769 bits per heavy atom. The molecular formula is C16H15N3O4S3. The van der Waals surface area contributed by atoms with Gasteiger partial charge in [-0.2, -0.15) is 0 Å². The molecule has 0 bridgehead atoms. The van der Waals surface area contributed by atoms with Crippen LogP contribution in [0.25, 0.3) is 0 Å². The molecule has 0 aliphatic heterocycles. The van der Waals surface area contributed by atoms with Gasteiger partial charge in [0.05, 0.1) is 16.3 Å². The SMILES string of the molecule is O=S(=O)(Cc1nnc(CNS(=O)(=O)c2ccccc2)s1)c1ccccc1. The maximum atomic E-state index is 12.3. The maximum absolute atomic E-state index is 12.3. The molecule has 136 valence electrons. The van der Waals surface area contributed by atoms with Crippen molar-refractivity contribution in [1.82, 2.24) is 14.9 Å². The molecule has 0 radical (unpaired) electrons. The second kappa shape index (κ2) is 7.62. The van der Waals surface area contributed by atoms with Crippen LogP contribution >= 0.6 is 11.3 Å². The molecule has 1 aromatic heterocycles. The summed E-state index contributed by atoms with van der Waals surface area (Å²) in [6.07, 6.45) is 0. The molecule has 7 nitrogen and oxygen atoms in total. The molecule has 10 heteroatoms. The first kappa shape index (κ1) is 18.6. The van der Waals surface area contributed by atoms with E-state index in [1.165, 1.54) is 24.3 Å². The molecule has 0 fully saturated rings. The van der Waals surface area contributed by atoms with Crippen LogP contribution in [0.15, 0.2) is 70.5 Å². The lowest BCUT2D eigenvalue weighted by Crippen LogP contribution is -2.23. The zero-order valence-corrected chi connectivity index (χ0v) is 15.9. The lowest BCUT2D eigenvalue weighted by atomic mass is 10.4. The van der Waals surface area contributed by atoms with E-state index >= 15 is 0 Å². The summed E-state index contributed by atoms with van der Waals surface area (Å²) in [4.78, 5) is 0.359. The van der Waals surface area contributed by atoms with Crippen molar-refractivity contribution in [3.63, 3.8) is 0 Å². The minimum Gasteiger partial charge on any atom is -0.223 e. The highest BCUT2D eigenvalue weighted by atomic mass is 32.2. The number of aromatic nitrogens is 2. The number of nitrogens with zero attached hydrogens (tertiary/aromatic N) is 2. The van der Waals surface area contributed by atoms with E-state index in [9.17, 15) is 16.8 Å². The third kappa shape index (κ3) is 4.52. The van der Waals surface area contributed by atoms with Crippen LogP contribution in [0.3, 0.4) is 0 Å². The molecule has 26 heavy (non-hydrogen) atoms. The Morgan fingerprint density at radius 2 is 1.31 bits per heavy atom. The summed E-state index contributed by atoms with van der Waals surface area (Å²) in [5.74, 6) is -0.278. The third-order valence-corrected chi connectivity index (χ3v) is 7.56. The van der Waals surface area contributed by atoms with E-state index in [4.69, 9.17) is 0 Å². The van der Waals surface area contributed by atoms with Crippen LogP contribution in [0.5, 0.6) is 0 Å². The molecular weight excluding hydrogens is 394 g/mol. The van der Waals surface area contributed by atoms with Gasteiger partial charge in [0.2, 0.25) is 10.0 Å². The van der Waals surface area contributed by atoms with Gasteiger partial charge in [0, 0.05) is 0 Å². The lowest BCUT2D eigenvalue weighted by molar-refractivity contribution is 0.581. The number of sulfone groups is 1. The first-order valence-corrected chi connectivity index (χ1v) is 11.5.